The number of rotatable bonds is 2. The van der Waals surface area contributed by atoms with Crippen LogP contribution in [0.3, 0.4) is 0 Å². The molecule has 1 heterocycles. The molecule has 2 heteroatoms. The molecule has 0 amide bonds. The highest BCUT2D eigenvalue weighted by Crippen LogP contribution is 2.54. The summed E-state index contributed by atoms with van der Waals surface area (Å²) < 4.78 is 0. The molecule has 202 valence electrons. The molecule has 0 atom stereocenters. The van der Waals surface area contributed by atoms with Crippen LogP contribution >= 0.6 is 0 Å². The first-order valence-electron chi connectivity index (χ1n) is 14.9. The molecule has 0 N–H and O–H groups in total. The second-order valence-corrected chi connectivity index (χ2v) is 12.2. The van der Waals surface area contributed by atoms with Crippen LogP contribution in [-0.4, -0.2) is 9.97 Å². The topological polar surface area (TPSA) is 25.8 Å². The highest BCUT2D eigenvalue weighted by Gasteiger charge is 2.38. The third-order valence-corrected chi connectivity index (χ3v) is 9.43. The fourth-order valence-corrected chi connectivity index (χ4v) is 7.46. The van der Waals surface area contributed by atoms with Gasteiger partial charge in [0.25, 0.3) is 0 Å². The second kappa shape index (κ2) is 8.83. The summed E-state index contributed by atoms with van der Waals surface area (Å²) in [5, 5.41) is 9.00. The van der Waals surface area contributed by atoms with E-state index in [1.165, 1.54) is 54.6 Å². The number of benzene rings is 7. The molecular formula is C41H28N2. The summed E-state index contributed by atoms with van der Waals surface area (Å²) in [5.41, 5.74) is 9.21. The Morgan fingerprint density at radius 2 is 1.05 bits per heavy atom. The van der Waals surface area contributed by atoms with Crippen LogP contribution in [0.4, 0.5) is 0 Å². The molecule has 7 aromatic carbocycles. The monoisotopic (exact) mass is 548 g/mol. The van der Waals surface area contributed by atoms with E-state index in [9.17, 15) is 0 Å². The van der Waals surface area contributed by atoms with E-state index in [2.05, 4.69) is 141 Å². The maximum Gasteiger partial charge on any atom is 0.160 e. The van der Waals surface area contributed by atoms with Crippen molar-refractivity contribution in [2.24, 2.45) is 0 Å². The van der Waals surface area contributed by atoms with Crippen LogP contribution in [-0.2, 0) is 5.41 Å². The third kappa shape index (κ3) is 3.41. The van der Waals surface area contributed by atoms with Crippen LogP contribution in [0.15, 0.2) is 133 Å². The summed E-state index contributed by atoms with van der Waals surface area (Å²) in [6, 6.07) is 48.0. The van der Waals surface area contributed by atoms with E-state index in [4.69, 9.17) is 9.97 Å². The molecular weight excluding hydrogens is 520 g/mol. The van der Waals surface area contributed by atoms with E-state index in [0.29, 0.717) is 0 Å². The normalized spacial score (nSPS) is 13.5. The minimum absolute atomic E-state index is 0.204. The van der Waals surface area contributed by atoms with Crippen LogP contribution in [0.25, 0.3) is 77.0 Å². The van der Waals surface area contributed by atoms with Crippen LogP contribution in [0.2, 0.25) is 0 Å². The van der Waals surface area contributed by atoms with E-state index in [-0.39, 0.29) is 5.41 Å². The summed E-state index contributed by atoms with van der Waals surface area (Å²) in [4.78, 5) is 10.2. The molecule has 0 spiro atoms. The van der Waals surface area contributed by atoms with Crippen molar-refractivity contribution in [1.29, 1.82) is 0 Å². The Hall–Kier alpha value is -5.34. The lowest BCUT2D eigenvalue weighted by atomic mass is 9.78. The average Bonchev–Trinajstić information content (AvgIpc) is 3.30. The lowest BCUT2D eigenvalue weighted by Crippen LogP contribution is -2.16. The second-order valence-electron chi connectivity index (χ2n) is 12.2. The van der Waals surface area contributed by atoms with E-state index in [1.807, 2.05) is 6.07 Å². The van der Waals surface area contributed by atoms with Crippen molar-refractivity contribution < 1.29 is 0 Å². The smallest absolute Gasteiger partial charge is 0.160 e. The molecule has 0 radical (unpaired) electrons. The van der Waals surface area contributed by atoms with Gasteiger partial charge in [0.15, 0.2) is 5.82 Å². The highest BCUT2D eigenvalue weighted by molar-refractivity contribution is 6.27. The van der Waals surface area contributed by atoms with E-state index in [1.54, 1.807) is 0 Å². The fraction of sp³-hybridized carbons (Fsp3) is 0.0732. The lowest BCUT2D eigenvalue weighted by Gasteiger charge is -2.25. The van der Waals surface area contributed by atoms with Crippen molar-refractivity contribution in [3.05, 3.63) is 145 Å². The van der Waals surface area contributed by atoms with Crippen LogP contribution < -0.4 is 0 Å². The molecule has 1 aliphatic rings. The number of fused-ring (bicyclic) bond motifs is 11. The van der Waals surface area contributed by atoms with Gasteiger partial charge < -0.3 is 0 Å². The maximum absolute atomic E-state index is 5.18. The fourth-order valence-electron chi connectivity index (χ4n) is 7.46. The van der Waals surface area contributed by atoms with Gasteiger partial charge in [-0.3, -0.25) is 0 Å². The Labute approximate surface area is 250 Å². The zero-order valence-corrected chi connectivity index (χ0v) is 24.1. The maximum atomic E-state index is 5.18. The van der Waals surface area contributed by atoms with Gasteiger partial charge in [0, 0.05) is 21.9 Å². The number of aromatic nitrogens is 2. The Morgan fingerprint density at radius 3 is 1.79 bits per heavy atom. The average molecular weight is 549 g/mol. The van der Waals surface area contributed by atoms with Gasteiger partial charge in [-0.1, -0.05) is 135 Å². The van der Waals surface area contributed by atoms with Crippen molar-refractivity contribution in [3.63, 3.8) is 0 Å². The molecule has 0 bridgehead atoms. The van der Waals surface area contributed by atoms with Crippen LogP contribution in [0, 0.1) is 0 Å². The first kappa shape index (κ1) is 24.3. The van der Waals surface area contributed by atoms with Crippen molar-refractivity contribution in [1.82, 2.24) is 9.97 Å². The summed E-state index contributed by atoms with van der Waals surface area (Å²) in [5.74, 6) is 0.758. The summed E-state index contributed by atoms with van der Waals surface area (Å²) >= 11 is 0. The Bertz CT molecular complexity index is 2380. The molecule has 9 rings (SSSR count). The summed E-state index contributed by atoms with van der Waals surface area (Å²) in [6.45, 7) is 4.75. The molecule has 1 aliphatic carbocycles. The molecule has 0 saturated heterocycles. The zero-order valence-electron chi connectivity index (χ0n) is 24.1. The standard InChI is InChI=1S/C41H28N2/c1-41(2)35-24-26(40-42-36-19-11-10-18-34(36)39(43-40)25-12-4-3-5-13-25)20-21-30(35)33-23-22-32-29-16-7-6-14-27(29)28-15-8-9-17-31(28)37(32)38(33)41/h3-24H,1-2H3. The molecule has 0 unspecified atom stereocenters. The molecule has 0 fully saturated rings. The molecule has 2 nitrogen and oxygen atoms in total. The van der Waals surface area contributed by atoms with Crippen molar-refractivity contribution in [2.45, 2.75) is 19.3 Å². The molecule has 1 aromatic heterocycles. The van der Waals surface area contributed by atoms with Gasteiger partial charge in [-0.15, -0.1) is 0 Å². The zero-order chi connectivity index (χ0) is 28.7. The van der Waals surface area contributed by atoms with Crippen LogP contribution in [0.1, 0.15) is 25.0 Å². The predicted molar refractivity (Wildman–Crippen MR) is 180 cm³/mol. The highest BCUT2D eigenvalue weighted by atomic mass is 14.9. The van der Waals surface area contributed by atoms with Gasteiger partial charge in [0.05, 0.1) is 11.2 Å². The van der Waals surface area contributed by atoms with E-state index >= 15 is 0 Å². The number of nitrogens with zero attached hydrogens (tertiary/aromatic N) is 2. The van der Waals surface area contributed by atoms with Gasteiger partial charge >= 0.3 is 0 Å². The predicted octanol–water partition coefficient (Wildman–Crippen LogP) is 10.7. The first-order valence-corrected chi connectivity index (χ1v) is 14.9. The number of hydrogen-bond donors (Lipinski definition) is 0. The van der Waals surface area contributed by atoms with E-state index in [0.717, 1.165) is 33.5 Å². The van der Waals surface area contributed by atoms with Gasteiger partial charge in [0.2, 0.25) is 0 Å². The lowest BCUT2D eigenvalue weighted by molar-refractivity contribution is 0.667. The number of hydrogen-bond acceptors (Lipinski definition) is 2. The quantitative estimate of drug-likeness (QED) is 0.201. The molecule has 0 aliphatic heterocycles. The summed E-state index contributed by atoms with van der Waals surface area (Å²) in [6.07, 6.45) is 0. The molecule has 0 saturated carbocycles. The van der Waals surface area contributed by atoms with Crippen LogP contribution in [0.5, 0.6) is 0 Å². The number of para-hydroxylation sites is 1. The molecule has 8 aromatic rings. The van der Waals surface area contributed by atoms with Crippen molar-refractivity contribution in [2.75, 3.05) is 0 Å². The van der Waals surface area contributed by atoms with Gasteiger partial charge in [-0.2, -0.15) is 0 Å². The third-order valence-electron chi connectivity index (χ3n) is 9.43. The Kier molecular flexibility index (Phi) is 4.99. The molecule has 43 heavy (non-hydrogen) atoms. The SMILES string of the molecule is CC1(C)c2cc(-c3nc(-c4ccccc4)c4ccccc4n3)ccc2-c2ccc3c4ccccc4c4ccccc4c3c21. The minimum Gasteiger partial charge on any atom is -0.228 e. The Balaban J connectivity index is 1.29. The first-order chi connectivity index (χ1) is 21.1. The van der Waals surface area contributed by atoms with Crippen molar-refractivity contribution >= 4 is 43.2 Å². The van der Waals surface area contributed by atoms with Gasteiger partial charge in [-0.05, 0) is 66.7 Å². The minimum atomic E-state index is -0.204. The van der Waals surface area contributed by atoms with E-state index < -0.39 is 0 Å². The van der Waals surface area contributed by atoms with Gasteiger partial charge in [0.1, 0.15) is 0 Å². The Morgan fingerprint density at radius 1 is 0.465 bits per heavy atom. The van der Waals surface area contributed by atoms with Gasteiger partial charge in [-0.25, -0.2) is 9.97 Å². The largest absolute Gasteiger partial charge is 0.228 e. The summed E-state index contributed by atoms with van der Waals surface area (Å²) in [7, 11) is 0. The van der Waals surface area contributed by atoms with Crippen molar-refractivity contribution in [3.8, 4) is 33.8 Å².